The van der Waals surface area contributed by atoms with Gasteiger partial charge in [-0.15, -0.1) is 0 Å². The van der Waals surface area contributed by atoms with Crippen LogP contribution in [0.1, 0.15) is 48.8 Å². The van der Waals surface area contributed by atoms with Crippen LogP contribution in [0.4, 0.5) is 0 Å². The summed E-state index contributed by atoms with van der Waals surface area (Å²) in [5, 5.41) is 13.2. The molecule has 2 unspecified atom stereocenters. The molecule has 2 nitrogen and oxygen atoms in total. The fourth-order valence-electron chi connectivity index (χ4n) is 3.60. The van der Waals surface area contributed by atoms with Crippen molar-refractivity contribution in [1.82, 2.24) is 5.32 Å². The van der Waals surface area contributed by atoms with Gasteiger partial charge in [0.05, 0.1) is 6.10 Å². The van der Waals surface area contributed by atoms with Crippen LogP contribution in [-0.4, -0.2) is 17.8 Å². The van der Waals surface area contributed by atoms with E-state index in [4.69, 9.17) is 0 Å². The fourth-order valence-corrected chi connectivity index (χ4v) is 3.60. The van der Waals surface area contributed by atoms with Gasteiger partial charge >= 0.3 is 0 Å². The number of aliphatic hydroxyl groups excluding tert-OH is 1. The Morgan fingerprint density at radius 2 is 2.00 bits per heavy atom. The Morgan fingerprint density at radius 1 is 1.11 bits per heavy atom. The molecule has 1 aromatic carbocycles. The zero-order chi connectivity index (χ0) is 13.1. The van der Waals surface area contributed by atoms with Gasteiger partial charge < -0.3 is 10.4 Å². The first kappa shape index (κ1) is 13.1. The van der Waals surface area contributed by atoms with Crippen molar-refractivity contribution >= 4 is 0 Å². The van der Waals surface area contributed by atoms with Crippen LogP contribution in [0.15, 0.2) is 18.2 Å². The molecular weight excluding hydrogens is 234 g/mol. The van der Waals surface area contributed by atoms with E-state index >= 15 is 0 Å². The third-order valence-corrected chi connectivity index (χ3v) is 4.68. The van der Waals surface area contributed by atoms with E-state index in [1.54, 1.807) is 11.1 Å². The van der Waals surface area contributed by atoms with E-state index in [2.05, 4.69) is 23.5 Å². The van der Waals surface area contributed by atoms with Crippen molar-refractivity contribution in [3.63, 3.8) is 0 Å². The van der Waals surface area contributed by atoms with Gasteiger partial charge in [0, 0.05) is 6.54 Å². The summed E-state index contributed by atoms with van der Waals surface area (Å²) in [4.78, 5) is 0. The molecule has 0 heterocycles. The van der Waals surface area contributed by atoms with Crippen LogP contribution in [0, 0.1) is 5.92 Å². The highest BCUT2D eigenvalue weighted by Crippen LogP contribution is 2.24. The monoisotopic (exact) mass is 259 g/mol. The molecule has 0 radical (unpaired) electrons. The van der Waals surface area contributed by atoms with Crippen molar-refractivity contribution in [3.05, 3.63) is 34.9 Å². The first-order valence-electron chi connectivity index (χ1n) is 7.81. The van der Waals surface area contributed by atoms with E-state index in [1.807, 2.05) is 0 Å². The summed E-state index contributed by atoms with van der Waals surface area (Å²) in [5.41, 5.74) is 4.53. The highest BCUT2D eigenvalue weighted by Gasteiger charge is 2.19. The number of hydrogen-bond donors (Lipinski definition) is 2. The lowest BCUT2D eigenvalue weighted by atomic mass is 9.87. The molecule has 19 heavy (non-hydrogen) atoms. The predicted molar refractivity (Wildman–Crippen MR) is 78.1 cm³/mol. The maximum absolute atomic E-state index is 9.67. The zero-order valence-electron chi connectivity index (χ0n) is 11.7. The molecule has 1 saturated carbocycles. The number of aryl methyl sites for hydroxylation is 2. The molecule has 1 fully saturated rings. The van der Waals surface area contributed by atoms with Gasteiger partial charge in [0.2, 0.25) is 0 Å². The molecular formula is C17H25NO. The van der Waals surface area contributed by atoms with Gasteiger partial charge in [0.25, 0.3) is 0 Å². The van der Waals surface area contributed by atoms with Crippen LogP contribution < -0.4 is 5.32 Å². The minimum atomic E-state index is -0.0551. The quantitative estimate of drug-likeness (QED) is 0.871. The summed E-state index contributed by atoms with van der Waals surface area (Å²) in [6.07, 6.45) is 8.24. The topological polar surface area (TPSA) is 32.3 Å². The SMILES string of the molecule is OC1CCCC(CNCc2ccc3c(c2)CCC3)C1. The lowest BCUT2D eigenvalue weighted by Gasteiger charge is -2.26. The van der Waals surface area contributed by atoms with Crippen molar-refractivity contribution in [1.29, 1.82) is 0 Å². The lowest BCUT2D eigenvalue weighted by molar-refractivity contribution is 0.101. The van der Waals surface area contributed by atoms with Crippen LogP contribution in [0.2, 0.25) is 0 Å². The minimum absolute atomic E-state index is 0.0551. The van der Waals surface area contributed by atoms with E-state index in [0.29, 0.717) is 5.92 Å². The van der Waals surface area contributed by atoms with E-state index in [1.165, 1.54) is 37.7 Å². The Kier molecular flexibility index (Phi) is 4.19. The first-order chi connectivity index (χ1) is 9.31. The second kappa shape index (κ2) is 6.06. The number of rotatable bonds is 4. The number of aliphatic hydroxyl groups is 1. The number of fused-ring (bicyclic) bond motifs is 1. The normalized spacial score (nSPS) is 26.4. The highest BCUT2D eigenvalue weighted by atomic mass is 16.3. The highest BCUT2D eigenvalue weighted by molar-refractivity contribution is 5.35. The molecule has 0 bridgehead atoms. The molecule has 0 spiro atoms. The molecule has 0 saturated heterocycles. The van der Waals surface area contributed by atoms with Gasteiger partial charge in [0.15, 0.2) is 0 Å². The zero-order valence-corrected chi connectivity index (χ0v) is 11.7. The summed E-state index contributed by atoms with van der Waals surface area (Å²) >= 11 is 0. The van der Waals surface area contributed by atoms with Gasteiger partial charge in [-0.25, -0.2) is 0 Å². The lowest BCUT2D eigenvalue weighted by Crippen LogP contribution is -2.28. The van der Waals surface area contributed by atoms with Gasteiger partial charge in [0.1, 0.15) is 0 Å². The molecule has 0 aliphatic heterocycles. The van der Waals surface area contributed by atoms with E-state index in [0.717, 1.165) is 25.9 Å². The molecule has 2 N–H and O–H groups in total. The number of benzene rings is 1. The Hall–Kier alpha value is -0.860. The van der Waals surface area contributed by atoms with Crippen LogP contribution >= 0.6 is 0 Å². The maximum atomic E-state index is 9.67. The molecule has 2 aliphatic rings. The first-order valence-corrected chi connectivity index (χ1v) is 7.81. The average molecular weight is 259 g/mol. The Balaban J connectivity index is 1.47. The smallest absolute Gasteiger partial charge is 0.0543 e. The molecule has 2 aliphatic carbocycles. The molecule has 104 valence electrons. The average Bonchev–Trinajstić information content (AvgIpc) is 2.86. The Labute approximate surface area is 116 Å². The number of nitrogens with one attached hydrogen (secondary N) is 1. The Bertz CT molecular complexity index is 429. The van der Waals surface area contributed by atoms with Gasteiger partial charge in [-0.05, 0) is 67.7 Å². The molecule has 2 atom stereocenters. The summed E-state index contributed by atoms with van der Waals surface area (Å²) in [6, 6.07) is 6.96. The summed E-state index contributed by atoms with van der Waals surface area (Å²) < 4.78 is 0. The van der Waals surface area contributed by atoms with Crippen LogP contribution in [0.3, 0.4) is 0 Å². The fraction of sp³-hybridized carbons (Fsp3) is 0.647. The third kappa shape index (κ3) is 3.37. The predicted octanol–water partition coefficient (Wildman–Crippen LogP) is 2.82. The number of hydrogen-bond acceptors (Lipinski definition) is 2. The van der Waals surface area contributed by atoms with Gasteiger partial charge in [-0.2, -0.15) is 0 Å². The Morgan fingerprint density at radius 3 is 2.89 bits per heavy atom. The second-order valence-corrected chi connectivity index (χ2v) is 6.27. The van der Waals surface area contributed by atoms with Crippen molar-refractivity contribution < 1.29 is 5.11 Å². The minimum Gasteiger partial charge on any atom is -0.393 e. The van der Waals surface area contributed by atoms with E-state index < -0.39 is 0 Å². The van der Waals surface area contributed by atoms with Crippen molar-refractivity contribution in [2.75, 3.05) is 6.54 Å². The van der Waals surface area contributed by atoms with Crippen LogP contribution in [0.25, 0.3) is 0 Å². The van der Waals surface area contributed by atoms with Crippen molar-refractivity contribution in [2.45, 2.75) is 57.6 Å². The standard InChI is InChI=1S/C17H25NO/c19-17-6-1-3-13(10-17)11-18-12-14-7-8-15-4-2-5-16(15)9-14/h7-9,13,17-19H,1-6,10-12H2. The van der Waals surface area contributed by atoms with Crippen LogP contribution in [0.5, 0.6) is 0 Å². The van der Waals surface area contributed by atoms with Gasteiger partial charge in [-0.1, -0.05) is 24.6 Å². The largest absolute Gasteiger partial charge is 0.393 e. The van der Waals surface area contributed by atoms with E-state index in [9.17, 15) is 5.11 Å². The molecule has 1 aromatic rings. The summed E-state index contributed by atoms with van der Waals surface area (Å²) in [7, 11) is 0. The van der Waals surface area contributed by atoms with Crippen molar-refractivity contribution in [2.24, 2.45) is 5.92 Å². The molecule has 0 aromatic heterocycles. The van der Waals surface area contributed by atoms with E-state index in [-0.39, 0.29) is 6.10 Å². The summed E-state index contributed by atoms with van der Waals surface area (Å²) in [6.45, 7) is 2.02. The molecule has 0 amide bonds. The maximum Gasteiger partial charge on any atom is 0.0543 e. The third-order valence-electron chi connectivity index (χ3n) is 4.68. The molecule has 3 rings (SSSR count). The second-order valence-electron chi connectivity index (χ2n) is 6.27. The van der Waals surface area contributed by atoms with Crippen molar-refractivity contribution in [3.8, 4) is 0 Å². The van der Waals surface area contributed by atoms with Gasteiger partial charge in [-0.3, -0.25) is 0 Å². The molecule has 2 heteroatoms. The summed E-state index contributed by atoms with van der Waals surface area (Å²) in [5.74, 6) is 0.665. The van der Waals surface area contributed by atoms with Crippen LogP contribution in [-0.2, 0) is 19.4 Å².